The Morgan fingerprint density at radius 3 is 2.76 bits per heavy atom. The second-order valence-electron chi connectivity index (χ2n) is 4.58. The number of halogens is 2. The molecule has 1 unspecified atom stereocenters. The van der Waals surface area contributed by atoms with E-state index in [-0.39, 0.29) is 5.82 Å². The molecule has 1 rings (SSSR count). The maximum atomic E-state index is 12.9. The van der Waals surface area contributed by atoms with E-state index in [1.165, 1.54) is 12.1 Å². The SMILES string of the molecule is CCCNCCC(C)Cc1ccc(F)cc1Cl. The summed E-state index contributed by atoms with van der Waals surface area (Å²) in [4.78, 5) is 0. The summed E-state index contributed by atoms with van der Waals surface area (Å²) < 4.78 is 12.9. The third-order valence-electron chi connectivity index (χ3n) is 2.82. The van der Waals surface area contributed by atoms with Crippen LogP contribution >= 0.6 is 11.6 Å². The molecule has 0 fully saturated rings. The van der Waals surface area contributed by atoms with Crippen LogP contribution in [0.5, 0.6) is 0 Å². The van der Waals surface area contributed by atoms with Gasteiger partial charge in [-0.25, -0.2) is 4.39 Å². The zero-order chi connectivity index (χ0) is 12.7. The van der Waals surface area contributed by atoms with E-state index in [0.29, 0.717) is 10.9 Å². The van der Waals surface area contributed by atoms with Gasteiger partial charge in [0.05, 0.1) is 0 Å². The number of benzene rings is 1. The molecule has 0 aliphatic rings. The summed E-state index contributed by atoms with van der Waals surface area (Å²) in [5.74, 6) is 0.290. The highest BCUT2D eigenvalue weighted by atomic mass is 35.5. The molecule has 0 aliphatic heterocycles. The topological polar surface area (TPSA) is 12.0 Å². The van der Waals surface area contributed by atoms with E-state index >= 15 is 0 Å². The van der Waals surface area contributed by atoms with Gasteiger partial charge in [0.2, 0.25) is 0 Å². The zero-order valence-electron chi connectivity index (χ0n) is 10.6. The van der Waals surface area contributed by atoms with Crippen molar-refractivity contribution in [3.05, 3.63) is 34.6 Å². The van der Waals surface area contributed by atoms with Crippen molar-refractivity contribution in [2.45, 2.75) is 33.1 Å². The van der Waals surface area contributed by atoms with Crippen molar-refractivity contribution in [3.8, 4) is 0 Å². The monoisotopic (exact) mass is 257 g/mol. The van der Waals surface area contributed by atoms with Crippen molar-refractivity contribution in [1.29, 1.82) is 0 Å². The number of hydrogen-bond acceptors (Lipinski definition) is 1. The van der Waals surface area contributed by atoms with E-state index in [9.17, 15) is 4.39 Å². The van der Waals surface area contributed by atoms with Crippen molar-refractivity contribution < 1.29 is 4.39 Å². The Balaban J connectivity index is 2.37. The molecule has 96 valence electrons. The van der Waals surface area contributed by atoms with Crippen LogP contribution < -0.4 is 5.32 Å². The Hall–Kier alpha value is -0.600. The molecule has 17 heavy (non-hydrogen) atoms. The standard InChI is InChI=1S/C14H21ClFN/c1-3-7-17-8-6-11(2)9-12-4-5-13(16)10-14(12)15/h4-5,10-11,17H,3,6-9H2,1-2H3. The van der Waals surface area contributed by atoms with Crippen molar-refractivity contribution in [2.75, 3.05) is 13.1 Å². The third-order valence-corrected chi connectivity index (χ3v) is 3.18. The average Bonchev–Trinajstić information content (AvgIpc) is 2.28. The molecule has 1 nitrogen and oxygen atoms in total. The van der Waals surface area contributed by atoms with Crippen LogP contribution in [0.2, 0.25) is 5.02 Å². The maximum absolute atomic E-state index is 12.9. The van der Waals surface area contributed by atoms with Crippen molar-refractivity contribution >= 4 is 11.6 Å². The highest BCUT2D eigenvalue weighted by molar-refractivity contribution is 6.31. The molecule has 1 aromatic carbocycles. The predicted molar refractivity (Wildman–Crippen MR) is 72.1 cm³/mol. The van der Waals surface area contributed by atoms with Gasteiger partial charge in [0.1, 0.15) is 5.82 Å². The normalized spacial score (nSPS) is 12.7. The van der Waals surface area contributed by atoms with Gasteiger partial charge in [-0.15, -0.1) is 0 Å². The molecule has 0 aliphatic carbocycles. The number of hydrogen-bond donors (Lipinski definition) is 1. The molecule has 1 aromatic rings. The van der Waals surface area contributed by atoms with E-state index in [0.717, 1.165) is 37.9 Å². The van der Waals surface area contributed by atoms with Gasteiger partial charge in [0.15, 0.2) is 0 Å². The zero-order valence-corrected chi connectivity index (χ0v) is 11.4. The average molecular weight is 258 g/mol. The van der Waals surface area contributed by atoms with Crippen LogP contribution in [0.3, 0.4) is 0 Å². The van der Waals surface area contributed by atoms with Gasteiger partial charge in [-0.2, -0.15) is 0 Å². The lowest BCUT2D eigenvalue weighted by molar-refractivity contribution is 0.498. The Bertz CT molecular complexity index is 341. The van der Waals surface area contributed by atoms with Crippen LogP contribution in [0, 0.1) is 11.7 Å². The lowest BCUT2D eigenvalue weighted by Gasteiger charge is -2.13. The minimum absolute atomic E-state index is 0.268. The minimum atomic E-state index is -0.268. The van der Waals surface area contributed by atoms with E-state index in [2.05, 4.69) is 19.2 Å². The Morgan fingerprint density at radius 2 is 2.12 bits per heavy atom. The summed E-state index contributed by atoms with van der Waals surface area (Å²) in [5, 5.41) is 3.92. The molecule has 0 aromatic heterocycles. The van der Waals surface area contributed by atoms with Gasteiger partial charge < -0.3 is 5.32 Å². The molecule has 0 spiro atoms. The van der Waals surface area contributed by atoms with Crippen LogP contribution in [-0.4, -0.2) is 13.1 Å². The van der Waals surface area contributed by atoms with E-state index in [1.807, 2.05) is 0 Å². The molecule has 0 amide bonds. The quantitative estimate of drug-likeness (QED) is 0.727. The molecular formula is C14H21ClFN. The molecule has 0 heterocycles. The van der Waals surface area contributed by atoms with Gasteiger partial charge in [0, 0.05) is 5.02 Å². The van der Waals surface area contributed by atoms with Crippen LogP contribution in [0.25, 0.3) is 0 Å². The van der Waals surface area contributed by atoms with Gasteiger partial charge in [-0.05, 0) is 56.0 Å². The summed E-state index contributed by atoms with van der Waals surface area (Å²) in [6.45, 7) is 6.47. The van der Waals surface area contributed by atoms with Gasteiger partial charge in [-0.1, -0.05) is 31.5 Å². The van der Waals surface area contributed by atoms with Crippen molar-refractivity contribution in [3.63, 3.8) is 0 Å². The van der Waals surface area contributed by atoms with Crippen molar-refractivity contribution in [2.24, 2.45) is 5.92 Å². The molecule has 0 bridgehead atoms. The summed E-state index contributed by atoms with van der Waals surface area (Å²) in [6, 6.07) is 4.65. The smallest absolute Gasteiger partial charge is 0.124 e. The van der Waals surface area contributed by atoms with Gasteiger partial charge >= 0.3 is 0 Å². The van der Waals surface area contributed by atoms with Crippen LogP contribution in [0.1, 0.15) is 32.3 Å². The lowest BCUT2D eigenvalue weighted by atomic mass is 9.98. The molecule has 1 atom stereocenters. The summed E-state index contributed by atoms with van der Waals surface area (Å²) in [5.41, 5.74) is 1.04. The van der Waals surface area contributed by atoms with E-state index in [1.54, 1.807) is 6.07 Å². The molecular weight excluding hydrogens is 237 g/mol. The summed E-state index contributed by atoms with van der Waals surface area (Å²) in [6.07, 6.45) is 3.19. The fraction of sp³-hybridized carbons (Fsp3) is 0.571. The molecule has 0 saturated carbocycles. The van der Waals surface area contributed by atoms with Crippen molar-refractivity contribution in [1.82, 2.24) is 5.32 Å². The van der Waals surface area contributed by atoms with Gasteiger partial charge in [0.25, 0.3) is 0 Å². The lowest BCUT2D eigenvalue weighted by Crippen LogP contribution is -2.18. The fourth-order valence-corrected chi connectivity index (χ4v) is 2.06. The first-order valence-electron chi connectivity index (χ1n) is 6.28. The van der Waals surface area contributed by atoms with Crippen LogP contribution in [0.4, 0.5) is 4.39 Å². The second-order valence-corrected chi connectivity index (χ2v) is 4.99. The van der Waals surface area contributed by atoms with E-state index in [4.69, 9.17) is 11.6 Å². The maximum Gasteiger partial charge on any atom is 0.124 e. The van der Waals surface area contributed by atoms with Crippen LogP contribution in [-0.2, 0) is 6.42 Å². The second kappa shape index (κ2) is 7.67. The van der Waals surface area contributed by atoms with Gasteiger partial charge in [-0.3, -0.25) is 0 Å². The Morgan fingerprint density at radius 1 is 1.35 bits per heavy atom. The molecule has 0 radical (unpaired) electrons. The largest absolute Gasteiger partial charge is 0.317 e. The highest BCUT2D eigenvalue weighted by Crippen LogP contribution is 2.21. The molecule has 1 N–H and O–H groups in total. The minimum Gasteiger partial charge on any atom is -0.317 e. The first-order valence-corrected chi connectivity index (χ1v) is 6.66. The Labute approximate surface area is 108 Å². The fourth-order valence-electron chi connectivity index (χ4n) is 1.81. The Kier molecular flexibility index (Phi) is 6.53. The first kappa shape index (κ1) is 14.5. The number of rotatable bonds is 7. The van der Waals surface area contributed by atoms with E-state index < -0.39 is 0 Å². The third kappa shape index (κ3) is 5.51. The predicted octanol–water partition coefficient (Wildman–Crippen LogP) is 4.05. The first-order chi connectivity index (χ1) is 8.13. The molecule has 3 heteroatoms. The number of nitrogens with one attached hydrogen (secondary N) is 1. The highest BCUT2D eigenvalue weighted by Gasteiger charge is 2.07. The summed E-state index contributed by atoms with van der Waals surface area (Å²) in [7, 11) is 0. The molecule has 0 saturated heterocycles. The summed E-state index contributed by atoms with van der Waals surface area (Å²) >= 11 is 6.00. The van der Waals surface area contributed by atoms with Crippen LogP contribution in [0.15, 0.2) is 18.2 Å².